The zero-order chi connectivity index (χ0) is 27.3. The van der Waals surface area contributed by atoms with Crippen LogP contribution in [0.5, 0.6) is 11.9 Å². The molecule has 170 valence electrons. The van der Waals surface area contributed by atoms with Gasteiger partial charge in [-0.3, -0.25) is 4.72 Å². The average Bonchev–Trinajstić information content (AvgIpc) is 2.85. The van der Waals surface area contributed by atoms with Crippen LogP contribution in [0.4, 0.5) is 5.82 Å². The number of halogens is 2. The normalized spacial score (nSPS) is 13.4. The molecule has 2 aromatic heterocycles. The minimum atomic E-state index is -4.18. The highest BCUT2D eigenvalue weighted by atomic mass is 79.9. The fourth-order valence-corrected chi connectivity index (χ4v) is 3.56. The van der Waals surface area contributed by atoms with E-state index in [0.29, 0.717) is 10.9 Å². The molecule has 0 aliphatic rings. The predicted molar refractivity (Wildman–Crippen MR) is 127 cm³/mol. The van der Waals surface area contributed by atoms with Crippen LogP contribution in [0.2, 0.25) is 0 Å². The van der Waals surface area contributed by atoms with E-state index in [1.807, 2.05) is 0 Å². The molecular formula is C19H20Br2N6O4S. The molecule has 10 nitrogen and oxygen atoms in total. The molecule has 2 heterocycles. The van der Waals surface area contributed by atoms with Crippen molar-refractivity contribution in [1.29, 1.82) is 0 Å². The van der Waals surface area contributed by atoms with Crippen molar-refractivity contribution in [2.24, 2.45) is 0 Å². The van der Waals surface area contributed by atoms with Crippen LogP contribution in [-0.4, -0.2) is 48.1 Å². The highest BCUT2D eigenvalue weighted by Crippen LogP contribution is 2.34. The quantitative estimate of drug-likeness (QED) is 0.323. The Morgan fingerprint density at radius 2 is 1.69 bits per heavy atom. The van der Waals surface area contributed by atoms with Crippen molar-refractivity contribution < 1.29 is 24.7 Å². The second-order valence-electron chi connectivity index (χ2n) is 5.92. The Kier molecular flexibility index (Phi) is 6.51. The van der Waals surface area contributed by atoms with Crippen LogP contribution in [0.1, 0.15) is 20.2 Å². The third kappa shape index (κ3) is 7.08. The van der Waals surface area contributed by atoms with E-state index >= 15 is 0 Å². The molecule has 0 radical (unpaired) electrons. The Hall–Kier alpha value is -2.35. The second kappa shape index (κ2) is 11.5. The molecule has 0 atom stereocenters. The smallest absolute Gasteiger partial charge is 0.316 e. The first-order valence-corrected chi connectivity index (χ1v) is 12.2. The molecule has 2 N–H and O–H groups in total. The molecule has 0 aliphatic carbocycles. The summed E-state index contributed by atoms with van der Waals surface area (Å²) >= 11 is 6.24. The third-order valence-corrected chi connectivity index (χ3v) is 5.38. The number of hydrogen-bond acceptors (Lipinski definition) is 8. The lowest BCUT2D eigenvalue weighted by Gasteiger charge is -2.15. The van der Waals surface area contributed by atoms with Gasteiger partial charge in [0.05, 0.1) is 15.5 Å². The Bertz CT molecular complexity index is 1370. The number of benzene rings is 1. The van der Waals surface area contributed by atoms with Crippen LogP contribution in [0.3, 0.4) is 0 Å². The molecule has 0 spiro atoms. The molecule has 13 heteroatoms. The van der Waals surface area contributed by atoms with E-state index in [-0.39, 0.29) is 47.2 Å². The molecule has 3 rings (SSSR count). The van der Waals surface area contributed by atoms with Gasteiger partial charge in [-0.15, -0.1) is 0 Å². The van der Waals surface area contributed by atoms with Crippen molar-refractivity contribution in [1.82, 2.24) is 24.7 Å². The number of ether oxygens (including phenoxy) is 2. The van der Waals surface area contributed by atoms with Gasteiger partial charge in [-0.1, -0.05) is 34.9 Å². The number of nitrogens with one attached hydrogen (secondary N) is 2. The molecule has 0 saturated heterocycles. The average molecular weight is 593 g/mol. The van der Waals surface area contributed by atoms with Gasteiger partial charge in [0.25, 0.3) is 10.2 Å². The number of nitrogens with zero attached hydrogens (tertiary/aromatic N) is 4. The molecule has 0 amide bonds. The van der Waals surface area contributed by atoms with Gasteiger partial charge in [-0.25, -0.2) is 19.9 Å². The van der Waals surface area contributed by atoms with E-state index in [1.54, 1.807) is 6.92 Å². The van der Waals surface area contributed by atoms with Gasteiger partial charge in [0.15, 0.2) is 5.82 Å². The van der Waals surface area contributed by atoms with Crippen molar-refractivity contribution in [3.05, 3.63) is 51.8 Å². The summed E-state index contributed by atoms with van der Waals surface area (Å²) in [6.45, 7) is 1.62. The van der Waals surface area contributed by atoms with Crippen LogP contribution in [0.25, 0.3) is 11.1 Å². The first-order valence-electron chi connectivity index (χ1n) is 11.6. The summed E-state index contributed by atoms with van der Waals surface area (Å²) in [5, 5.41) is 0. The molecule has 0 fully saturated rings. The summed E-state index contributed by atoms with van der Waals surface area (Å²) in [4.78, 5) is 15.7. The van der Waals surface area contributed by atoms with Gasteiger partial charge in [-0.2, -0.15) is 13.1 Å². The van der Waals surface area contributed by atoms with Crippen LogP contribution in [0, 0.1) is 0 Å². The largest absolute Gasteiger partial charge is 0.473 e. The van der Waals surface area contributed by atoms with Crippen molar-refractivity contribution in [3.8, 4) is 23.0 Å². The minimum Gasteiger partial charge on any atom is -0.473 e. The summed E-state index contributed by atoms with van der Waals surface area (Å²) in [5.74, 6) is -0.810. The van der Waals surface area contributed by atoms with E-state index in [2.05, 4.69) is 61.2 Å². The summed E-state index contributed by atoms with van der Waals surface area (Å²) in [7, 11) is -4.18. The molecule has 32 heavy (non-hydrogen) atoms. The van der Waals surface area contributed by atoms with Gasteiger partial charge >= 0.3 is 6.01 Å². The van der Waals surface area contributed by atoms with Crippen LogP contribution in [0.15, 0.2) is 51.8 Å². The number of aromatic nitrogens is 4. The van der Waals surface area contributed by atoms with Gasteiger partial charge in [0.1, 0.15) is 20.9 Å². The maximum atomic E-state index is 12.6. The van der Waals surface area contributed by atoms with E-state index < -0.39 is 46.5 Å². The monoisotopic (exact) mass is 591 g/mol. The predicted octanol–water partition coefficient (Wildman–Crippen LogP) is 3.57. The fraction of sp³-hybridized carbons (Fsp3) is 0.263. The Morgan fingerprint density at radius 1 is 1.00 bits per heavy atom. The number of anilines is 1. The van der Waals surface area contributed by atoms with E-state index in [4.69, 9.17) is 16.3 Å². The lowest BCUT2D eigenvalue weighted by molar-refractivity contribution is 0.202. The molecular weight excluding hydrogens is 568 g/mol. The lowest BCUT2D eigenvalue weighted by Crippen LogP contribution is -2.31. The second-order valence-corrected chi connectivity index (χ2v) is 9.13. The highest BCUT2D eigenvalue weighted by Gasteiger charge is 2.19. The molecule has 0 saturated carbocycles. The first kappa shape index (κ1) is 18.1. The maximum absolute atomic E-state index is 12.6. The number of rotatable bonds is 11. The van der Waals surface area contributed by atoms with Crippen molar-refractivity contribution in [3.63, 3.8) is 0 Å². The number of hydrogen-bond donors (Lipinski definition) is 2. The van der Waals surface area contributed by atoms with Gasteiger partial charge in [0.2, 0.25) is 5.88 Å². The lowest BCUT2D eigenvalue weighted by atomic mass is 10.1. The fourth-order valence-electron chi connectivity index (χ4n) is 2.21. The Balaban J connectivity index is 2.06. The standard InChI is InChI=1S/C19H20Br2N6O4S/c1-2-7-26-32(28,29)27-17-16(13-3-5-14(20)6-4-13)18(25-12-24-17)30-8-9-31-19-22-10-15(21)11-23-19/h3-6,10-12,26H,2,7-9H2,1H3,(H,24,25,27)/i3D,4D,5D,6D,12D. The van der Waals surface area contributed by atoms with Gasteiger partial charge in [-0.05, 0) is 40.0 Å². The minimum absolute atomic E-state index is 0.0684. The summed E-state index contributed by atoms with van der Waals surface area (Å²) in [6.07, 6.45) is 2.86. The van der Waals surface area contributed by atoms with Crippen molar-refractivity contribution in [2.75, 3.05) is 24.5 Å². The summed E-state index contributed by atoms with van der Waals surface area (Å²) in [5.41, 5.74) is -0.596. The van der Waals surface area contributed by atoms with Crippen LogP contribution < -0.4 is 18.9 Å². The Morgan fingerprint density at radius 3 is 2.38 bits per heavy atom. The van der Waals surface area contributed by atoms with Crippen molar-refractivity contribution in [2.45, 2.75) is 13.3 Å². The van der Waals surface area contributed by atoms with Crippen LogP contribution in [-0.2, 0) is 10.2 Å². The molecule has 0 bridgehead atoms. The first-order chi connectivity index (χ1) is 17.4. The van der Waals surface area contributed by atoms with Gasteiger partial charge in [0, 0.05) is 23.4 Å². The summed E-state index contributed by atoms with van der Waals surface area (Å²) in [6, 6.07) is -1.75. The van der Waals surface area contributed by atoms with E-state index in [1.165, 1.54) is 12.4 Å². The van der Waals surface area contributed by atoms with E-state index in [9.17, 15) is 8.42 Å². The topological polar surface area (TPSA) is 128 Å². The molecule has 1 aromatic carbocycles. The summed E-state index contributed by atoms with van der Waals surface area (Å²) < 4.78 is 82.4. The van der Waals surface area contributed by atoms with Gasteiger partial charge < -0.3 is 9.47 Å². The zero-order valence-corrected chi connectivity index (χ0v) is 20.6. The SMILES string of the molecule is [2H]c1nc(NS(=O)(=O)NCCC)c(-c2c([2H])c([2H])c(Br)c([2H])c2[2H])c(OCCOc2ncc(Br)cn2)n1. The van der Waals surface area contributed by atoms with Crippen molar-refractivity contribution >= 4 is 47.9 Å². The van der Waals surface area contributed by atoms with E-state index in [0.717, 1.165) is 0 Å². The molecule has 0 unspecified atom stereocenters. The molecule has 3 aromatic rings. The maximum Gasteiger partial charge on any atom is 0.316 e. The third-order valence-electron chi connectivity index (χ3n) is 3.53. The highest BCUT2D eigenvalue weighted by molar-refractivity contribution is 9.10. The Labute approximate surface area is 209 Å². The molecule has 0 aliphatic heterocycles. The zero-order valence-electron chi connectivity index (χ0n) is 21.6. The van der Waals surface area contributed by atoms with Crippen LogP contribution >= 0.6 is 31.9 Å².